The van der Waals surface area contributed by atoms with Crippen LogP contribution in [0.3, 0.4) is 0 Å². The van der Waals surface area contributed by atoms with Crippen LogP contribution in [0.5, 0.6) is 0 Å². The minimum Gasteiger partial charge on any atom is -0.333 e. The summed E-state index contributed by atoms with van der Waals surface area (Å²) in [5, 5.41) is 1.35. The van der Waals surface area contributed by atoms with E-state index in [2.05, 4.69) is 184 Å². The summed E-state index contributed by atoms with van der Waals surface area (Å²) in [4.78, 5) is 9.43. The maximum atomic E-state index is 12.8. The van der Waals surface area contributed by atoms with Crippen LogP contribution >= 0.6 is 0 Å². The predicted octanol–water partition coefficient (Wildman–Crippen LogP) is 13.3. The molecule has 289 valence electrons. The van der Waals surface area contributed by atoms with Crippen molar-refractivity contribution in [3.63, 3.8) is 0 Å². The molecule has 0 atom stereocenters. The molecule has 0 saturated heterocycles. The molecule has 6 heteroatoms. The van der Waals surface area contributed by atoms with E-state index < -0.39 is 8.07 Å². The summed E-state index contributed by atoms with van der Waals surface area (Å²) in [6.07, 6.45) is 1.82. The number of nitrogens with zero attached hydrogens (tertiary/aromatic N) is 3. The second kappa shape index (κ2) is 17.9. The molecule has 0 aliphatic carbocycles. The van der Waals surface area contributed by atoms with Crippen LogP contribution in [0, 0.1) is 17.9 Å². The zero-order chi connectivity index (χ0) is 39.4. The second-order valence-corrected chi connectivity index (χ2v) is 21.0. The van der Waals surface area contributed by atoms with Gasteiger partial charge in [-0.05, 0) is 81.2 Å². The molecule has 0 aliphatic rings. The van der Waals surface area contributed by atoms with E-state index in [9.17, 15) is 4.39 Å². The number of fused-ring (bicyclic) bond motifs is 1. The molecule has 0 bridgehead atoms. The SMILES string of the molecule is CC(C)c1cc(-c2ccc(-c3ccccc3)cc2)cc(C(C)C)c1-n1c(-c2[c-]cccc2)nc2ccccc21.C[Si](C)(C)c1ccnc(-c2[c-]cc(F)cc2)c1.[Ir]. The number of imidazole rings is 1. The summed E-state index contributed by atoms with van der Waals surface area (Å²) in [5.74, 6) is 1.32. The largest absolute Gasteiger partial charge is 0.333 e. The summed E-state index contributed by atoms with van der Waals surface area (Å²) >= 11 is 0. The van der Waals surface area contributed by atoms with Crippen LogP contribution in [0.1, 0.15) is 50.7 Å². The van der Waals surface area contributed by atoms with E-state index in [0.29, 0.717) is 11.8 Å². The fraction of sp³-hybridized carbons (Fsp3) is 0.176. The molecular formula is C51H48FIrN3Si-2. The Bertz CT molecular complexity index is 2530. The molecule has 2 heterocycles. The van der Waals surface area contributed by atoms with Crippen molar-refractivity contribution in [2.45, 2.75) is 59.2 Å². The quantitative estimate of drug-likeness (QED) is 0.112. The molecule has 2 aromatic heterocycles. The zero-order valence-electron chi connectivity index (χ0n) is 33.6. The molecule has 0 amide bonds. The predicted molar refractivity (Wildman–Crippen MR) is 236 cm³/mol. The number of rotatable bonds is 8. The van der Waals surface area contributed by atoms with Gasteiger partial charge in [-0.2, -0.15) is 0 Å². The van der Waals surface area contributed by atoms with Crippen LogP contribution in [0.4, 0.5) is 4.39 Å². The van der Waals surface area contributed by atoms with Crippen LogP contribution < -0.4 is 5.19 Å². The Balaban J connectivity index is 0.000000256. The average molecular weight is 942 g/mol. The van der Waals surface area contributed by atoms with Gasteiger partial charge in [0, 0.05) is 37.8 Å². The van der Waals surface area contributed by atoms with Crippen LogP contribution in [-0.2, 0) is 20.1 Å². The molecule has 57 heavy (non-hydrogen) atoms. The summed E-state index contributed by atoms with van der Waals surface area (Å²) < 4.78 is 15.2. The molecule has 0 unspecified atom stereocenters. The number of hydrogen-bond acceptors (Lipinski definition) is 2. The Morgan fingerprint density at radius 1 is 0.614 bits per heavy atom. The first kappa shape index (κ1) is 41.4. The summed E-state index contributed by atoms with van der Waals surface area (Å²) in [6.45, 7) is 16.0. The van der Waals surface area contributed by atoms with Crippen molar-refractivity contribution in [2.24, 2.45) is 0 Å². The molecule has 1 radical (unpaired) electrons. The number of aromatic nitrogens is 3. The van der Waals surface area contributed by atoms with Gasteiger partial charge in [0.2, 0.25) is 0 Å². The molecular weight excluding hydrogens is 894 g/mol. The maximum absolute atomic E-state index is 12.8. The summed E-state index contributed by atoms with van der Waals surface area (Å²) in [6, 6.07) is 55.9. The van der Waals surface area contributed by atoms with Crippen molar-refractivity contribution in [2.75, 3.05) is 0 Å². The Morgan fingerprint density at radius 2 is 1.23 bits per heavy atom. The first-order chi connectivity index (χ1) is 27.0. The van der Waals surface area contributed by atoms with Gasteiger partial charge >= 0.3 is 0 Å². The van der Waals surface area contributed by atoms with Gasteiger partial charge in [0.05, 0.1) is 24.9 Å². The van der Waals surface area contributed by atoms with Crippen molar-refractivity contribution in [1.82, 2.24) is 14.5 Å². The monoisotopic (exact) mass is 942 g/mol. The van der Waals surface area contributed by atoms with Crippen LogP contribution in [-0.4, -0.2) is 22.6 Å². The Kier molecular flexibility index (Phi) is 13.0. The first-order valence-corrected chi connectivity index (χ1v) is 22.9. The number of benzene rings is 6. The fourth-order valence-electron chi connectivity index (χ4n) is 7.05. The smallest absolute Gasteiger partial charge is 0.0774 e. The molecule has 8 rings (SSSR count). The molecule has 3 nitrogen and oxygen atoms in total. The van der Waals surface area contributed by atoms with Crippen molar-refractivity contribution in [1.29, 1.82) is 0 Å². The van der Waals surface area contributed by atoms with Crippen LogP contribution in [0.2, 0.25) is 19.6 Å². The minimum atomic E-state index is -1.34. The molecule has 0 aliphatic heterocycles. The third-order valence-corrected chi connectivity index (χ3v) is 12.2. The summed E-state index contributed by atoms with van der Waals surface area (Å²) in [7, 11) is -1.34. The molecule has 0 spiro atoms. The zero-order valence-corrected chi connectivity index (χ0v) is 37.0. The van der Waals surface area contributed by atoms with Gasteiger partial charge in [0.1, 0.15) is 0 Å². The summed E-state index contributed by atoms with van der Waals surface area (Å²) in [5.41, 5.74) is 13.7. The molecule has 0 saturated carbocycles. The Labute approximate surface area is 352 Å². The van der Waals surface area contributed by atoms with Crippen molar-refractivity contribution < 1.29 is 24.5 Å². The Hall–Kier alpha value is -5.26. The van der Waals surface area contributed by atoms with Gasteiger partial charge in [-0.25, -0.2) is 0 Å². The van der Waals surface area contributed by atoms with E-state index in [1.165, 1.54) is 56.4 Å². The molecule has 0 N–H and O–H groups in total. The van der Waals surface area contributed by atoms with E-state index in [4.69, 9.17) is 4.98 Å². The molecule has 6 aromatic carbocycles. The Morgan fingerprint density at radius 3 is 1.82 bits per heavy atom. The number of halogens is 1. The standard InChI is InChI=1S/C37H33N2.C14H15FNSi.Ir/c1-25(2)32-23-31(29-21-19-28(20-22-29)27-13-7-5-8-14-27)24-33(26(3)4)36(32)39-35-18-12-11-17-34(35)38-37(39)30-15-9-6-10-16-30;1-17(2,3)13-8-9-16-14(10-13)11-4-6-12(15)7-5-11;/h5-15,17-26H,1-4H3;4,6-10H,1-3H3;/q2*-1;. The van der Waals surface area contributed by atoms with Crippen molar-refractivity contribution in [3.8, 4) is 50.6 Å². The van der Waals surface area contributed by atoms with Gasteiger partial charge in [0.15, 0.2) is 0 Å². The van der Waals surface area contributed by atoms with Crippen molar-refractivity contribution in [3.05, 3.63) is 181 Å². The van der Waals surface area contributed by atoms with E-state index in [1.807, 2.05) is 18.3 Å². The number of pyridine rings is 1. The van der Waals surface area contributed by atoms with Crippen LogP contribution in [0.25, 0.3) is 61.6 Å². The van der Waals surface area contributed by atoms with E-state index >= 15 is 0 Å². The fourth-order valence-corrected chi connectivity index (χ4v) is 8.19. The van der Waals surface area contributed by atoms with E-state index in [0.717, 1.165) is 33.7 Å². The van der Waals surface area contributed by atoms with Crippen LogP contribution in [0.15, 0.2) is 152 Å². The topological polar surface area (TPSA) is 30.7 Å². The second-order valence-electron chi connectivity index (χ2n) is 15.9. The van der Waals surface area contributed by atoms with Crippen molar-refractivity contribution >= 4 is 24.3 Å². The normalized spacial score (nSPS) is 11.3. The minimum absolute atomic E-state index is 0. The number of hydrogen-bond donors (Lipinski definition) is 0. The molecule has 8 aromatic rings. The van der Waals surface area contributed by atoms with Gasteiger partial charge in [-0.15, -0.1) is 65.7 Å². The van der Waals surface area contributed by atoms with E-state index in [-0.39, 0.29) is 25.9 Å². The van der Waals surface area contributed by atoms with Gasteiger partial charge in [-0.3, -0.25) is 9.37 Å². The van der Waals surface area contributed by atoms with E-state index in [1.54, 1.807) is 6.07 Å². The molecule has 0 fully saturated rings. The first-order valence-electron chi connectivity index (χ1n) is 19.4. The van der Waals surface area contributed by atoms with Gasteiger partial charge in [-0.1, -0.05) is 125 Å². The maximum Gasteiger partial charge on any atom is 0.0774 e. The third-order valence-electron chi connectivity index (χ3n) is 10.1. The number of para-hydroxylation sites is 2. The average Bonchev–Trinajstić information content (AvgIpc) is 3.61. The third kappa shape index (κ3) is 9.32. The van der Waals surface area contributed by atoms with Gasteiger partial charge in [0.25, 0.3) is 0 Å². The van der Waals surface area contributed by atoms with Gasteiger partial charge < -0.3 is 9.55 Å².